The minimum absolute atomic E-state index is 0.0404. The summed E-state index contributed by atoms with van der Waals surface area (Å²) in [6, 6.07) is 4.87. The van der Waals surface area contributed by atoms with E-state index in [2.05, 4.69) is 35.0 Å². The molecule has 0 aliphatic heterocycles. The Hall–Kier alpha value is -7.52. The predicted octanol–water partition coefficient (Wildman–Crippen LogP) is 11.1. The topological polar surface area (TPSA) is 172 Å². The molecule has 7 heterocycles. The zero-order valence-electron chi connectivity index (χ0n) is 39.1. The van der Waals surface area contributed by atoms with Crippen LogP contribution in [0, 0.1) is 0 Å². The van der Waals surface area contributed by atoms with E-state index < -0.39 is 152 Å². The van der Waals surface area contributed by atoms with Crippen LogP contribution in [0.2, 0.25) is 0 Å². The highest BCUT2D eigenvalue weighted by Gasteiger charge is 2.45. The Bertz CT molecular complexity index is 3870. The number of imidazole rings is 2. The second-order valence-electron chi connectivity index (χ2n) is 16.3. The summed E-state index contributed by atoms with van der Waals surface area (Å²) in [5, 5.41) is 3.36. The molecule has 0 fully saturated rings. The molecule has 0 spiro atoms. The lowest BCUT2D eigenvalue weighted by atomic mass is 10.0. The molecule has 78 heavy (non-hydrogen) atoms. The third kappa shape index (κ3) is 11.5. The van der Waals surface area contributed by atoms with Gasteiger partial charge in [-0.2, -0.15) is 79.0 Å². The molecule has 0 saturated heterocycles. The standard InChI is InChI=1S/C23H15F9N4O2S.C21H14F9N6O2S/c1-3-39(37,38)16-8-13(22(27,28)29)18(11-5-4-6-12(7-11)21(24,25)26)35-19(16)20-34-14-9-17(23(30,31)32)33-10-15(14)36(20)2;1-3-39(37,38)14-6-11(20(25,26)27)17(36-5-4-10(8-32-36)19(22,23)24)34-16(14)18-33-12-7-15(21(28,29)30)31-9-13(12)35(18)2/h4-10H,3H2,1-2H3;4-9H,3H2,1-2H3/q;+1. The lowest BCUT2D eigenvalue weighted by Gasteiger charge is -2.18. The Balaban J connectivity index is 0.000000226. The molecular weight excluding hydrogens is 1140 g/mol. The minimum atomic E-state index is -5.25. The monoisotopic (exact) mass is 1170 g/mol. The number of aryl methyl sites for hydroxylation is 2. The van der Waals surface area contributed by atoms with Crippen molar-refractivity contribution in [1.29, 1.82) is 0 Å². The number of nitrogens with zero attached hydrogens (tertiary/aromatic N) is 10. The Kier molecular flexibility index (Phi) is 14.7. The van der Waals surface area contributed by atoms with Crippen molar-refractivity contribution in [3.63, 3.8) is 0 Å². The molecule has 0 atom stereocenters. The molecule has 8 rings (SSSR count). The van der Waals surface area contributed by atoms with E-state index in [0.29, 0.717) is 41.2 Å². The summed E-state index contributed by atoms with van der Waals surface area (Å²) >= 11 is 0. The number of fused-ring (bicyclic) bond motifs is 2. The van der Waals surface area contributed by atoms with Gasteiger partial charge in [-0.05, 0) is 47.4 Å². The summed E-state index contributed by atoms with van der Waals surface area (Å²) in [6.07, 6.45) is -27.6. The molecule has 0 aliphatic carbocycles. The highest BCUT2D eigenvalue weighted by Crippen LogP contribution is 2.43. The van der Waals surface area contributed by atoms with Crippen molar-refractivity contribution in [2.75, 3.05) is 11.5 Å². The van der Waals surface area contributed by atoms with Crippen molar-refractivity contribution in [3.8, 4) is 40.1 Å². The number of pyridine rings is 4. The van der Waals surface area contributed by atoms with Crippen LogP contribution >= 0.6 is 0 Å². The molecule has 0 unspecified atom stereocenters. The van der Waals surface area contributed by atoms with Gasteiger partial charge in [-0.3, -0.25) is 0 Å². The van der Waals surface area contributed by atoms with Crippen molar-refractivity contribution in [3.05, 3.63) is 113 Å². The molecule has 7 aromatic heterocycles. The van der Waals surface area contributed by atoms with Crippen molar-refractivity contribution < 1.29 is 101 Å². The first-order valence-electron chi connectivity index (χ1n) is 21.3. The van der Waals surface area contributed by atoms with Gasteiger partial charge in [0.15, 0.2) is 36.9 Å². The molecular formula is C44H29F18N10O4S2+. The number of alkyl halides is 18. The summed E-state index contributed by atoms with van der Waals surface area (Å²) in [7, 11) is -6.45. The summed E-state index contributed by atoms with van der Waals surface area (Å²) < 4.78 is 296. The Morgan fingerprint density at radius 2 is 0.936 bits per heavy atom. The van der Waals surface area contributed by atoms with Gasteiger partial charge < -0.3 is 9.13 Å². The number of aromatic nitrogens is 10. The van der Waals surface area contributed by atoms with E-state index in [1.807, 2.05) is 0 Å². The Labute approximate surface area is 424 Å². The fourth-order valence-corrected chi connectivity index (χ4v) is 9.39. The smallest absolute Gasteiger partial charge is 0.324 e. The Morgan fingerprint density at radius 1 is 0.487 bits per heavy atom. The van der Waals surface area contributed by atoms with Gasteiger partial charge >= 0.3 is 42.9 Å². The van der Waals surface area contributed by atoms with Crippen LogP contribution < -0.4 is 4.68 Å². The van der Waals surface area contributed by atoms with Crippen LogP contribution in [0.1, 0.15) is 47.5 Å². The summed E-state index contributed by atoms with van der Waals surface area (Å²) in [5.41, 5.74) is -12.2. The molecule has 0 bridgehead atoms. The quantitative estimate of drug-likeness (QED) is 0.105. The number of sulfone groups is 2. The van der Waals surface area contributed by atoms with Crippen LogP contribution in [0.5, 0.6) is 0 Å². The zero-order chi connectivity index (χ0) is 58.3. The number of halogens is 18. The van der Waals surface area contributed by atoms with Gasteiger partial charge in [0.2, 0.25) is 5.69 Å². The van der Waals surface area contributed by atoms with Crippen LogP contribution in [0.25, 0.3) is 62.2 Å². The molecule has 0 radical (unpaired) electrons. The van der Waals surface area contributed by atoms with Crippen LogP contribution in [0.3, 0.4) is 0 Å². The van der Waals surface area contributed by atoms with E-state index in [4.69, 9.17) is 0 Å². The first kappa shape index (κ1) is 58.2. The van der Waals surface area contributed by atoms with Gasteiger partial charge in [0.25, 0.3) is 0 Å². The van der Waals surface area contributed by atoms with Crippen LogP contribution in [0.15, 0.2) is 89.2 Å². The van der Waals surface area contributed by atoms with Gasteiger partial charge in [-0.25, -0.2) is 41.8 Å². The van der Waals surface area contributed by atoms with E-state index in [9.17, 15) is 95.9 Å². The van der Waals surface area contributed by atoms with E-state index >= 15 is 0 Å². The molecule has 0 amide bonds. The second-order valence-corrected chi connectivity index (χ2v) is 20.8. The highest BCUT2D eigenvalue weighted by molar-refractivity contribution is 7.91. The highest BCUT2D eigenvalue weighted by atomic mass is 32.2. The van der Waals surface area contributed by atoms with Crippen molar-refractivity contribution >= 4 is 41.7 Å². The molecule has 0 saturated carbocycles. The lowest BCUT2D eigenvalue weighted by Crippen LogP contribution is -2.39. The SMILES string of the molecule is CCS(=O)(=O)c1cc(C(F)(F)F)c(-[n+]2ccc(C(F)(F)F)cn2)nc1-c1nc2cc(C(F)(F)F)ncc2n1C.CCS(=O)(=O)c1cc(C(F)(F)F)c(-c2cccc(C(F)(F)F)c2)nc1-c1nc2cc(C(F)(F)F)ncc2n1C. The third-order valence-corrected chi connectivity index (χ3v) is 14.7. The molecule has 416 valence electrons. The van der Waals surface area contributed by atoms with Crippen molar-refractivity contribution in [1.82, 2.24) is 44.1 Å². The van der Waals surface area contributed by atoms with E-state index in [-0.39, 0.29) is 40.4 Å². The molecule has 0 aliphatic rings. The maximum Gasteiger partial charge on any atom is 0.433 e. The predicted molar refractivity (Wildman–Crippen MR) is 234 cm³/mol. The third-order valence-electron chi connectivity index (χ3n) is 11.3. The largest absolute Gasteiger partial charge is 0.433 e. The van der Waals surface area contributed by atoms with Gasteiger partial charge in [0.05, 0.1) is 79.4 Å². The van der Waals surface area contributed by atoms with Gasteiger partial charge in [-0.15, -0.1) is 4.68 Å². The maximum absolute atomic E-state index is 14.1. The first-order chi connectivity index (χ1) is 35.7. The van der Waals surface area contributed by atoms with E-state index in [1.165, 1.54) is 14.1 Å². The molecule has 0 N–H and O–H groups in total. The molecule has 8 aromatic rings. The lowest BCUT2D eigenvalue weighted by molar-refractivity contribution is -0.664. The van der Waals surface area contributed by atoms with E-state index in [0.717, 1.165) is 47.5 Å². The normalized spacial score (nSPS) is 13.3. The molecule has 34 heteroatoms. The number of hydrogen-bond donors (Lipinski definition) is 0. The van der Waals surface area contributed by atoms with E-state index in [1.54, 1.807) is 0 Å². The van der Waals surface area contributed by atoms with Crippen LogP contribution in [0.4, 0.5) is 79.0 Å². The number of hydrogen-bond acceptors (Lipinski definition) is 11. The van der Waals surface area contributed by atoms with Crippen LogP contribution in [-0.2, 0) is 70.8 Å². The second kappa shape index (κ2) is 19.7. The molecule has 14 nitrogen and oxygen atoms in total. The summed E-state index contributed by atoms with van der Waals surface area (Å²) in [5.74, 6) is -3.36. The fourth-order valence-electron chi connectivity index (χ4n) is 7.31. The number of benzene rings is 1. The minimum Gasteiger partial charge on any atom is -0.324 e. The maximum atomic E-state index is 14.1. The first-order valence-corrected chi connectivity index (χ1v) is 24.6. The summed E-state index contributed by atoms with van der Waals surface area (Å²) in [4.78, 5) is 20.3. The van der Waals surface area contributed by atoms with Crippen molar-refractivity contribution in [2.24, 2.45) is 14.1 Å². The van der Waals surface area contributed by atoms with Gasteiger partial charge in [0.1, 0.15) is 28.2 Å². The average Bonchev–Trinajstić information content (AvgIpc) is 4.00. The van der Waals surface area contributed by atoms with Crippen molar-refractivity contribution in [2.45, 2.75) is 60.7 Å². The van der Waals surface area contributed by atoms with Crippen LogP contribution in [-0.4, -0.2) is 72.5 Å². The summed E-state index contributed by atoms with van der Waals surface area (Å²) in [6.45, 7) is 2.28. The Morgan fingerprint density at radius 3 is 1.33 bits per heavy atom. The van der Waals surface area contributed by atoms with Gasteiger partial charge in [-0.1, -0.05) is 31.1 Å². The molecule has 1 aromatic carbocycles. The zero-order valence-corrected chi connectivity index (χ0v) is 40.8. The number of rotatable bonds is 8. The van der Waals surface area contributed by atoms with Gasteiger partial charge in [0, 0.05) is 19.7 Å². The fraction of sp³-hybridized carbons (Fsp3) is 0.273. The average molecular weight is 1170 g/mol.